The van der Waals surface area contributed by atoms with E-state index in [1.165, 1.54) is 17.7 Å². The van der Waals surface area contributed by atoms with Crippen LogP contribution in [0, 0.1) is 19.8 Å². The number of hydrogen-bond donors (Lipinski definition) is 3. The van der Waals surface area contributed by atoms with Crippen molar-refractivity contribution in [2.45, 2.75) is 45.6 Å². The molecule has 2 fully saturated rings. The lowest BCUT2D eigenvalue weighted by Gasteiger charge is -2.30. The Hall–Kier alpha value is -3.55. The van der Waals surface area contributed by atoms with Gasteiger partial charge in [-0.25, -0.2) is 4.79 Å². The molecular formula is C26H30N4O4. The van der Waals surface area contributed by atoms with Crippen molar-refractivity contribution in [2.24, 2.45) is 5.92 Å². The molecule has 0 unspecified atom stereocenters. The number of benzene rings is 1. The number of aromatic amines is 1. The molecule has 8 nitrogen and oxygen atoms in total. The topological polar surface area (TPSA) is 108 Å². The van der Waals surface area contributed by atoms with Crippen molar-refractivity contribution in [1.82, 2.24) is 20.2 Å². The monoisotopic (exact) mass is 462 g/mol. The maximum absolute atomic E-state index is 13.3. The standard InChI is InChI=1S/C26H30N4O4/c1-15-3-6-21(34-14-17-4-5-17)20(13-15)19-7-10-27-24-22(16(2)28-23(19)24)25(31)29-18-8-11-30(12-9-18)26(32)33/h3,6-7,10,13,17-18,28H,4-5,8-9,11-12,14H2,1-2H3,(H,29,31)(H,32,33). The van der Waals surface area contributed by atoms with Crippen molar-refractivity contribution in [2.75, 3.05) is 19.7 Å². The molecule has 2 amide bonds. The van der Waals surface area contributed by atoms with E-state index < -0.39 is 6.09 Å². The molecule has 2 aliphatic rings. The fourth-order valence-corrected chi connectivity index (χ4v) is 4.65. The SMILES string of the molecule is Cc1ccc(OCC2CC2)c(-c2ccnc3c(C(=O)NC4CCN(C(=O)O)CC4)c(C)[nH]c23)c1. The van der Waals surface area contributed by atoms with Crippen molar-refractivity contribution < 1.29 is 19.4 Å². The molecule has 1 aliphatic heterocycles. The summed E-state index contributed by atoms with van der Waals surface area (Å²) in [5, 5.41) is 12.2. The quantitative estimate of drug-likeness (QED) is 0.500. The molecule has 1 aromatic carbocycles. The normalized spacial score (nSPS) is 16.6. The second-order valence-corrected chi connectivity index (χ2v) is 9.48. The van der Waals surface area contributed by atoms with Crippen LogP contribution in [-0.2, 0) is 0 Å². The lowest BCUT2D eigenvalue weighted by atomic mass is 10.0. The molecule has 0 bridgehead atoms. The van der Waals surface area contributed by atoms with Crippen molar-refractivity contribution in [3.8, 4) is 16.9 Å². The van der Waals surface area contributed by atoms with Gasteiger partial charge in [0.05, 0.1) is 17.7 Å². The Morgan fingerprint density at radius 1 is 1.15 bits per heavy atom. The van der Waals surface area contributed by atoms with Gasteiger partial charge in [0.25, 0.3) is 5.91 Å². The number of aryl methyl sites for hydroxylation is 2. The van der Waals surface area contributed by atoms with Gasteiger partial charge in [-0.1, -0.05) is 11.6 Å². The minimum Gasteiger partial charge on any atom is -0.493 e. The van der Waals surface area contributed by atoms with Gasteiger partial charge in [0.15, 0.2) is 0 Å². The summed E-state index contributed by atoms with van der Waals surface area (Å²) in [5.41, 5.74) is 5.80. The van der Waals surface area contributed by atoms with E-state index in [9.17, 15) is 9.59 Å². The van der Waals surface area contributed by atoms with Crippen LogP contribution in [0.1, 0.15) is 47.3 Å². The number of aromatic nitrogens is 2. The smallest absolute Gasteiger partial charge is 0.407 e. The molecule has 1 aliphatic carbocycles. The van der Waals surface area contributed by atoms with Crippen molar-refractivity contribution >= 4 is 23.0 Å². The number of nitrogens with zero attached hydrogens (tertiary/aromatic N) is 2. The number of nitrogens with one attached hydrogen (secondary N) is 2. The van der Waals surface area contributed by atoms with Gasteiger partial charge in [-0.15, -0.1) is 0 Å². The predicted octanol–water partition coefficient (Wildman–Crippen LogP) is 4.51. The summed E-state index contributed by atoms with van der Waals surface area (Å²) < 4.78 is 6.17. The fraction of sp³-hybridized carbons (Fsp3) is 0.423. The molecule has 0 atom stereocenters. The Morgan fingerprint density at radius 2 is 1.91 bits per heavy atom. The van der Waals surface area contributed by atoms with E-state index in [4.69, 9.17) is 9.84 Å². The molecule has 5 rings (SSSR count). The predicted molar refractivity (Wildman–Crippen MR) is 129 cm³/mol. The summed E-state index contributed by atoms with van der Waals surface area (Å²) in [6.45, 7) is 5.51. The van der Waals surface area contributed by atoms with Crippen molar-refractivity contribution in [1.29, 1.82) is 0 Å². The highest BCUT2D eigenvalue weighted by Gasteiger charge is 2.27. The second kappa shape index (κ2) is 9.00. The van der Waals surface area contributed by atoms with E-state index in [0.29, 0.717) is 42.9 Å². The number of carbonyl (C=O) groups excluding carboxylic acids is 1. The fourth-order valence-electron chi connectivity index (χ4n) is 4.65. The van der Waals surface area contributed by atoms with E-state index >= 15 is 0 Å². The lowest BCUT2D eigenvalue weighted by Crippen LogP contribution is -2.46. The van der Waals surface area contributed by atoms with Gasteiger partial charge in [0.1, 0.15) is 11.3 Å². The van der Waals surface area contributed by atoms with Gasteiger partial charge in [0, 0.05) is 42.1 Å². The minimum absolute atomic E-state index is 0.0603. The van der Waals surface area contributed by atoms with Crippen LogP contribution < -0.4 is 10.1 Å². The molecule has 3 heterocycles. The van der Waals surface area contributed by atoms with Crippen LogP contribution in [0.3, 0.4) is 0 Å². The Kier molecular flexibility index (Phi) is 5.89. The average molecular weight is 463 g/mol. The number of carboxylic acid groups (broad SMARTS) is 1. The molecule has 3 aromatic rings. The average Bonchev–Trinajstić information content (AvgIpc) is 3.58. The number of H-pyrrole nitrogens is 1. The first-order valence-electron chi connectivity index (χ1n) is 11.9. The van der Waals surface area contributed by atoms with Crippen molar-refractivity contribution in [3.63, 3.8) is 0 Å². The molecule has 2 aromatic heterocycles. The zero-order valence-corrected chi connectivity index (χ0v) is 19.6. The molecular weight excluding hydrogens is 432 g/mol. The van der Waals surface area contributed by atoms with Gasteiger partial charge in [0.2, 0.25) is 0 Å². The van der Waals surface area contributed by atoms with Gasteiger partial charge in [-0.05, 0) is 63.6 Å². The third-order valence-electron chi connectivity index (χ3n) is 6.80. The third-order valence-corrected chi connectivity index (χ3v) is 6.80. The number of piperidine rings is 1. The first kappa shape index (κ1) is 22.3. The van der Waals surface area contributed by atoms with Crippen LogP contribution in [0.25, 0.3) is 22.2 Å². The molecule has 0 spiro atoms. The zero-order valence-electron chi connectivity index (χ0n) is 19.6. The Balaban J connectivity index is 1.43. The number of hydrogen-bond acceptors (Lipinski definition) is 4. The number of fused-ring (bicyclic) bond motifs is 1. The van der Waals surface area contributed by atoms with Crippen LogP contribution in [0.2, 0.25) is 0 Å². The first-order chi connectivity index (χ1) is 16.4. The highest BCUT2D eigenvalue weighted by atomic mass is 16.5. The molecule has 8 heteroatoms. The minimum atomic E-state index is -0.911. The summed E-state index contributed by atoms with van der Waals surface area (Å²) >= 11 is 0. The summed E-state index contributed by atoms with van der Waals surface area (Å²) in [6.07, 6.45) is 4.48. The van der Waals surface area contributed by atoms with E-state index in [1.807, 2.05) is 19.1 Å². The first-order valence-corrected chi connectivity index (χ1v) is 11.9. The molecule has 34 heavy (non-hydrogen) atoms. The summed E-state index contributed by atoms with van der Waals surface area (Å²) in [7, 11) is 0. The molecule has 178 valence electrons. The Morgan fingerprint density at radius 3 is 2.62 bits per heavy atom. The van der Waals surface area contributed by atoms with Crippen LogP contribution >= 0.6 is 0 Å². The summed E-state index contributed by atoms with van der Waals surface area (Å²) in [5.74, 6) is 1.31. The second-order valence-electron chi connectivity index (χ2n) is 9.48. The Bertz CT molecular complexity index is 1240. The molecule has 0 radical (unpaired) electrons. The lowest BCUT2D eigenvalue weighted by molar-refractivity contribution is 0.0908. The van der Waals surface area contributed by atoms with Crippen molar-refractivity contribution in [3.05, 3.63) is 47.3 Å². The van der Waals surface area contributed by atoms with E-state index in [0.717, 1.165) is 40.3 Å². The van der Waals surface area contributed by atoms with E-state index in [1.54, 1.807) is 6.20 Å². The molecule has 1 saturated carbocycles. The van der Waals surface area contributed by atoms with Crippen LogP contribution in [-0.4, -0.2) is 57.7 Å². The van der Waals surface area contributed by atoms with Gasteiger partial charge in [-0.2, -0.15) is 0 Å². The highest BCUT2D eigenvalue weighted by Crippen LogP contribution is 2.38. The molecule has 3 N–H and O–H groups in total. The number of pyridine rings is 1. The van der Waals surface area contributed by atoms with Crippen LogP contribution in [0.15, 0.2) is 30.5 Å². The number of rotatable bonds is 6. The van der Waals surface area contributed by atoms with Crippen LogP contribution in [0.4, 0.5) is 4.79 Å². The largest absolute Gasteiger partial charge is 0.493 e. The van der Waals surface area contributed by atoms with Gasteiger partial charge >= 0.3 is 6.09 Å². The zero-order chi connectivity index (χ0) is 23.8. The Labute approximate surface area is 198 Å². The molecule has 1 saturated heterocycles. The van der Waals surface area contributed by atoms with E-state index in [-0.39, 0.29) is 11.9 Å². The maximum Gasteiger partial charge on any atom is 0.407 e. The van der Waals surface area contributed by atoms with E-state index in [2.05, 4.69) is 34.3 Å². The number of ether oxygens (including phenoxy) is 1. The number of amides is 2. The number of likely N-dealkylation sites (tertiary alicyclic amines) is 1. The number of carbonyl (C=O) groups is 2. The third kappa shape index (κ3) is 4.44. The van der Waals surface area contributed by atoms with Crippen LogP contribution in [0.5, 0.6) is 5.75 Å². The maximum atomic E-state index is 13.3. The highest BCUT2D eigenvalue weighted by molar-refractivity contribution is 6.09. The summed E-state index contributed by atoms with van der Waals surface area (Å²) in [6, 6.07) is 8.09. The summed E-state index contributed by atoms with van der Waals surface area (Å²) in [4.78, 5) is 33.7. The van der Waals surface area contributed by atoms with Gasteiger partial charge in [-0.3, -0.25) is 9.78 Å². The van der Waals surface area contributed by atoms with Gasteiger partial charge < -0.3 is 25.0 Å².